The number of carbonyl (C=O) groups is 1. The summed E-state index contributed by atoms with van der Waals surface area (Å²) in [5.74, 6) is -0.157. The molecular formula is C16H22O2. The van der Waals surface area contributed by atoms with E-state index in [1.807, 2.05) is 13.8 Å². The average Bonchev–Trinajstić information content (AvgIpc) is 2.74. The lowest BCUT2D eigenvalue weighted by molar-refractivity contribution is 0.0486. The first-order valence-electron chi connectivity index (χ1n) is 6.63. The van der Waals surface area contributed by atoms with Crippen LogP contribution in [0, 0.1) is 20.8 Å². The maximum Gasteiger partial charge on any atom is 0.194 e. The van der Waals surface area contributed by atoms with E-state index < -0.39 is 5.60 Å². The minimum atomic E-state index is -1.30. The third-order valence-corrected chi connectivity index (χ3v) is 4.22. The third kappa shape index (κ3) is 1.89. The van der Waals surface area contributed by atoms with Gasteiger partial charge in [-0.2, -0.15) is 0 Å². The number of carbonyl (C=O) groups excluding carboxylic acids is 1. The van der Waals surface area contributed by atoms with Gasteiger partial charge >= 0.3 is 0 Å². The molecule has 0 atom stereocenters. The predicted molar refractivity (Wildman–Crippen MR) is 73.3 cm³/mol. The molecule has 0 saturated heterocycles. The van der Waals surface area contributed by atoms with E-state index in [9.17, 15) is 9.90 Å². The lowest BCUT2D eigenvalue weighted by atomic mass is 9.84. The Bertz CT molecular complexity index is 519. The molecule has 1 N–H and O–H groups in total. The van der Waals surface area contributed by atoms with Gasteiger partial charge in [0.2, 0.25) is 0 Å². The van der Waals surface area contributed by atoms with E-state index in [0.717, 1.165) is 29.5 Å². The summed E-state index contributed by atoms with van der Waals surface area (Å²) in [4.78, 5) is 12.4. The predicted octanol–water partition coefficient (Wildman–Crippen LogP) is 3.05. The van der Waals surface area contributed by atoms with Gasteiger partial charge in [0.1, 0.15) is 5.60 Å². The van der Waals surface area contributed by atoms with E-state index in [0.29, 0.717) is 0 Å². The van der Waals surface area contributed by atoms with Gasteiger partial charge < -0.3 is 5.11 Å². The van der Waals surface area contributed by atoms with Gasteiger partial charge in [0.15, 0.2) is 5.78 Å². The standard InChI is InChI=1S/C16H22O2/c1-9-10(2)14(15(17)16(4,5)18)11(3)13-8-6-7-12(9)13/h18H,6-8H2,1-5H3. The molecule has 1 aromatic carbocycles. The fourth-order valence-corrected chi connectivity index (χ4v) is 3.06. The van der Waals surface area contributed by atoms with E-state index in [-0.39, 0.29) is 5.78 Å². The van der Waals surface area contributed by atoms with Crippen molar-refractivity contribution in [2.24, 2.45) is 0 Å². The summed E-state index contributed by atoms with van der Waals surface area (Å²) in [7, 11) is 0. The lowest BCUT2D eigenvalue weighted by Crippen LogP contribution is -2.32. The first-order valence-corrected chi connectivity index (χ1v) is 6.63. The summed E-state index contributed by atoms with van der Waals surface area (Å²) in [5.41, 5.74) is 5.57. The zero-order chi connectivity index (χ0) is 13.7. The highest BCUT2D eigenvalue weighted by atomic mass is 16.3. The molecule has 1 aliphatic carbocycles. The molecule has 0 radical (unpaired) electrons. The van der Waals surface area contributed by atoms with E-state index in [1.54, 1.807) is 13.8 Å². The van der Waals surface area contributed by atoms with Crippen LogP contribution in [-0.2, 0) is 12.8 Å². The van der Waals surface area contributed by atoms with Gasteiger partial charge in [-0.25, -0.2) is 0 Å². The van der Waals surface area contributed by atoms with E-state index in [2.05, 4.69) is 6.92 Å². The van der Waals surface area contributed by atoms with E-state index >= 15 is 0 Å². The van der Waals surface area contributed by atoms with Crippen LogP contribution in [0.5, 0.6) is 0 Å². The quantitative estimate of drug-likeness (QED) is 0.814. The molecule has 2 nitrogen and oxygen atoms in total. The van der Waals surface area contributed by atoms with Gasteiger partial charge in [0, 0.05) is 5.56 Å². The maximum atomic E-state index is 12.4. The summed E-state index contributed by atoms with van der Waals surface area (Å²) in [6.45, 7) is 9.25. The molecule has 0 heterocycles. The van der Waals surface area contributed by atoms with Crippen LogP contribution in [0.1, 0.15) is 58.4 Å². The Morgan fingerprint density at radius 2 is 1.50 bits per heavy atom. The summed E-state index contributed by atoms with van der Waals surface area (Å²) in [6.07, 6.45) is 3.37. The number of Topliss-reactive ketones (excluding diaryl/α,β-unsaturated/α-hetero) is 1. The number of ketones is 1. The molecule has 0 aliphatic heterocycles. The van der Waals surface area contributed by atoms with Crippen molar-refractivity contribution >= 4 is 5.78 Å². The topological polar surface area (TPSA) is 37.3 Å². The van der Waals surface area contributed by atoms with Crippen molar-refractivity contribution in [1.29, 1.82) is 0 Å². The van der Waals surface area contributed by atoms with Crippen LogP contribution in [0.15, 0.2) is 0 Å². The highest BCUT2D eigenvalue weighted by Gasteiger charge is 2.31. The Kier molecular flexibility index (Phi) is 3.10. The van der Waals surface area contributed by atoms with E-state index in [4.69, 9.17) is 0 Å². The van der Waals surface area contributed by atoms with Crippen molar-refractivity contribution in [3.8, 4) is 0 Å². The minimum absolute atomic E-state index is 0.157. The maximum absolute atomic E-state index is 12.4. The number of fused-ring (bicyclic) bond motifs is 1. The Balaban J connectivity index is 2.70. The normalized spacial score (nSPS) is 14.8. The molecule has 2 rings (SSSR count). The molecule has 18 heavy (non-hydrogen) atoms. The minimum Gasteiger partial charge on any atom is -0.382 e. The average molecular weight is 246 g/mol. The van der Waals surface area contributed by atoms with Crippen molar-refractivity contribution in [3.05, 3.63) is 33.4 Å². The number of benzene rings is 1. The number of aliphatic hydroxyl groups is 1. The summed E-state index contributed by atoms with van der Waals surface area (Å²) in [6, 6.07) is 0. The van der Waals surface area contributed by atoms with Gasteiger partial charge in [-0.3, -0.25) is 4.79 Å². The number of rotatable bonds is 2. The Labute approximate surface area is 109 Å². The Morgan fingerprint density at radius 3 is 2.00 bits per heavy atom. The summed E-state index contributed by atoms with van der Waals surface area (Å²) < 4.78 is 0. The largest absolute Gasteiger partial charge is 0.382 e. The molecule has 0 aromatic heterocycles. The molecule has 2 heteroatoms. The molecule has 98 valence electrons. The molecule has 0 spiro atoms. The highest BCUT2D eigenvalue weighted by molar-refractivity contribution is 6.04. The van der Waals surface area contributed by atoms with Crippen molar-refractivity contribution < 1.29 is 9.90 Å². The fourth-order valence-electron chi connectivity index (χ4n) is 3.06. The molecule has 1 aliphatic rings. The molecular weight excluding hydrogens is 224 g/mol. The van der Waals surface area contributed by atoms with Gasteiger partial charge in [0.05, 0.1) is 0 Å². The summed E-state index contributed by atoms with van der Waals surface area (Å²) in [5, 5.41) is 9.98. The van der Waals surface area contributed by atoms with Crippen molar-refractivity contribution in [1.82, 2.24) is 0 Å². The molecule has 0 amide bonds. The van der Waals surface area contributed by atoms with Crippen molar-refractivity contribution in [2.75, 3.05) is 0 Å². The second-order valence-corrected chi connectivity index (χ2v) is 5.95. The van der Waals surface area contributed by atoms with Gasteiger partial charge in [0.25, 0.3) is 0 Å². The van der Waals surface area contributed by atoms with Crippen LogP contribution in [-0.4, -0.2) is 16.5 Å². The number of hydrogen-bond acceptors (Lipinski definition) is 2. The first-order chi connectivity index (χ1) is 8.25. The highest BCUT2D eigenvalue weighted by Crippen LogP contribution is 2.34. The Morgan fingerprint density at radius 1 is 1.00 bits per heavy atom. The monoisotopic (exact) mass is 246 g/mol. The lowest BCUT2D eigenvalue weighted by Gasteiger charge is -2.22. The van der Waals surface area contributed by atoms with E-state index in [1.165, 1.54) is 23.1 Å². The third-order valence-electron chi connectivity index (χ3n) is 4.22. The zero-order valence-electron chi connectivity index (χ0n) is 12.0. The number of hydrogen-bond donors (Lipinski definition) is 1. The second kappa shape index (κ2) is 4.20. The fraction of sp³-hybridized carbons (Fsp3) is 0.562. The second-order valence-electron chi connectivity index (χ2n) is 5.95. The molecule has 0 saturated carbocycles. The zero-order valence-corrected chi connectivity index (χ0v) is 12.0. The molecule has 0 bridgehead atoms. The molecule has 1 aromatic rings. The van der Waals surface area contributed by atoms with Gasteiger partial charge in [-0.1, -0.05) is 0 Å². The SMILES string of the molecule is Cc1c(C)c(C(=O)C(C)(C)O)c(C)c2c1CCC2. The summed E-state index contributed by atoms with van der Waals surface area (Å²) >= 11 is 0. The molecule has 0 unspecified atom stereocenters. The van der Waals surface area contributed by atoms with Crippen LogP contribution < -0.4 is 0 Å². The van der Waals surface area contributed by atoms with Crippen molar-refractivity contribution in [3.63, 3.8) is 0 Å². The van der Waals surface area contributed by atoms with Gasteiger partial charge in [-0.05, 0) is 81.7 Å². The van der Waals surface area contributed by atoms with Crippen LogP contribution in [0.2, 0.25) is 0 Å². The van der Waals surface area contributed by atoms with Crippen LogP contribution in [0.4, 0.5) is 0 Å². The first kappa shape index (κ1) is 13.3. The Hall–Kier alpha value is -1.15. The van der Waals surface area contributed by atoms with Crippen molar-refractivity contribution in [2.45, 2.75) is 59.5 Å². The smallest absolute Gasteiger partial charge is 0.194 e. The van der Waals surface area contributed by atoms with Crippen LogP contribution in [0.3, 0.4) is 0 Å². The van der Waals surface area contributed by atoms with Gasteiger partial charge in [-0.15, -0.1) is 0 Å². The molecule has 0 fully saturated rings. The van der Waals surface area contributed by atoms with Crippen LogP contribution >= 0.6 is 0 Å². The van der Waals surface area contributed by atoms with Crippen LogP contribution in [0.25, 0.3) is 0 Å².